The number of esters is 1. The van der Waals surface area contributed by atoms with Crippen molar-refractivity contribution in [3.63, 3.8) is 0 Å². The van der Waals surface area contributed by atoms with Crippen molar-refractivity contribution in [2.24, 2.45) is 5.92 Å². The van der Waals surface area contributed by atoms with Crippen molar-refractivity contribution in [1.82, 2.24) is 9.55 Å². The molecule has 2 heterocycles. The number of pyridine rings is 2. The lowest BCUT2D eigenvalue weighted by Crippen LogP contribution is -2.42. The standard InChI is InChI=1S/C23H23ClN4O3S/c1-4-31-19(29)12-28-20-15(5-7-17(24)22(20)32-3)21(30)16-6-8-18(26-23(16)28)27(2)14-9-13(10-14)11-25/h5-8,13-14H,4,9-10,12H2,1-3H3. The zero-order valence-electron chi connectivity index (χ0n) is 18.1. The zero-order valence-corrected chi connectivity index (χ0v) is 19.7. The molecule has 1 aliphatic carbocycles. The number of hydrogen-bond donors (Lipinski definition) is 0. The van der Waals surface area contributed by atoms with Gasteiger partial charge < -0.3 is 14.2 Å². The summed E-state index contributed by atoms with van der Waals surface area (Å²) in [5.41, 5.74) is 0.835. The number of halogens is 1. The van der Waals surface area contributed by atoms with E-state index >= 15 is 0 Å². The Kier molecular flexibility index (Phi) is 6.31. The summed E-state index contributed by atoms with van der Waals surface area (Å²) in [4.78, 5) is 33.4. The van der Waals surface area contributed by atoms with Gasteiger partial charge in [0.2, 0.25) is 0 Å². The lowest BCUT2D eigenvalue weighted by atomic mass is 9.80. The Labute approximate surface area is 194 Å². The van der Waals surface area contributed by atoms with E-state index < -0.39 is 5.97 Å². The fourth-order valence-electron chi connectivity index (χ4n) is 4.15. The van der Waals surface area contributed by atoms with Gasteiger partial charge in [-0.25, -0.2) is 4.98 Å². The molecule has 2 aromatic heterocycles. The number of hydrogen-bond acceptors (Lipinski definition) is 7. The van der Waals surface area contributed by atoms with Crippen LogP contribution in [0.15, 0.2) is 34.0 Å². The van der Waals surface area contributed by atoms with Crippen LogP contribution in [-0.2, 0) is 16.1 Å². The highest BCUT2D eigenvalue weighted by Crippen LogP contribution is 2.35. The highest BCUT2D eigenvalue weighted by Gasteiger charge is 2.33. The molecular weight excluding hydrogens is 448 g/mol. The van der Waals surface area contributed by atoms with Crippen molar-refractivity contribution in [3.05, 3.63) is 39.5 Å². The number of benzene rings is 1. The van der Waals surface area contributed by atoms with Crippen LogP contribution in [0.3, 0.4) is 0 Å². The van der Waals surface area contributed by atoms with E-state index in [0.29, 0.717) is 37.7 Å². The molecule has 1 aliphatic rings. The summed E-state index contributed by atoms with van der Waals surface area (Å²) in [7, 11) is 1.94. The van der Waals surface area contributed by atoms with Gasteiger partial charge in [0, 0.05) is 18.5 Å². The average molecular weight is 471 g/mol. The molecule has 0 atom stereocenters. The maximum absolute atomic E-state index is 13.3. The van der Waals surface area contributed by atoms with Crippen molar-refractivity contribution >= 4 is 57.1 Å². The Hall–Kier alpha value is -2.76. The van der Waals surface area contributed by atoms with Crippen molar-refractivity contribution in [2.45, 2.75) is 37.2 Å². The number of carbonyl (C=O) groups is 1. The molecule has 3 aromatic rings. The smallest absolute Gasteiger partial charge is 0.326 e. The van der Waals surface area contributed by atoms with E-state index in [1.807, 2.05) is 24.3 Å². The molecule has 0 amide bonds. The number of rotatable bonds is 6. The van der Waals surface area contributed by atoms with Gasteiger partial charge in [0.25, 0.3) is 0 Å². The number of carbonyl (C=O) groups excluding carboxylic acids is 1. The normalized spacial score (nSPS) is 17.7. The van der Waals surface area contributed by atoms with E-state index in [2.05, 4.69) is 6.07 Å². The predicted molar refractivity (Wildman–Crippen MR) is 127 cm³/mol. The molecule has 0 unspecified atom stereocenters. The van der Waals surface area contributed by atoms with Gasteiger partial charge >= 0.3 is 5.97 Å². The summed E-state index contributed by atoms with van der Waals surface area (Å²) >= 11 is 7.86. The van der Waals surface area contributed by atoms with Crippen LogP contribution < -0.4 is 10.3 Å². The molecule has 0 spiro atoms. The minimum absolute atomic E-state index is 0.0696. The van der Waals surface area contributed by atoms with Gasteiger partial charge in [-0.15, -0.1) is 11.8 Å². The fourth-order valence-corrected chi connectivity index (χ4v) is 5.21. The molecule has 7 nitrogen and oxygen atoms in total. The quantitative estimate of drug-likeness (QED) is 0.302. The van der Waals surface area contributed by atoms with E-state index in [9.17, 15) is 9.59 Å². The molecule has 1 fully saturated rings. The highest BCUT2D eigenvalue weighted by atomic mass is 35.5. The highest BCUT2D eigenvalue weighted by molar-refractivity contribution is 7.99. The molecule has 0 saturated heterocycles. The van der Waals surface area contributed by atoms with Gasteiger partial charge in [-0.3, -0.25) is 9.59 Å². The number of ether oxygens (including phenoxy) is 1. The van der Waals surface area contributed by atoms with Crippen LogP contribution in [0.2, 0.25) is 5.02 Å². The van der Waals surface area contributed by atoms with Crippen molar-refractivity contribution in [2.75, 3.05) is 24.8 Å². The Bertz CT molecular complexity index is 1310. The number of thioether (sulfide) groups is 1. The van der Waals surface area contributed by atoms with Gasteiger partial charge in [-0.2, -0.15) is 5.26 Å². The zero-order chi connectivity index (χ0) is 23.0. The first kappa shape index (κ1) is 22.4. The Morgan fingerprint density at radius 1 is 1.34 bits per heavy atom. The van der Waals surface area contributed by atoms with Crippen LogP contribution in [-0.4, -0.2) is 41.5 Å². The molecule has 1 saturated carbocycles. The van der Waals surface area contributed by atoms with E-state index in [0.717, 1.165) is 12.8 Å². The van der Waals surface area contributed by atoms with Crippen LogP contribution in [0.1, 0.15) is 19.8 Å². The van der Waals surface area contributed by atoms with Crippen molar-refractivity contribution in [3.8, 4) is 6.07 Å². The molecule has 0 radical (unpaired) electrons. The van der Waals surface area contributed by atoms with Crippen molar-refractivity contribution in [1.29, 1.82) is 5.26 Å². The van der Waals surface area contributed by atoms with Crippen LogP contribution in [0.4, 0.5) is 5.82 Å². The molecule has 4 rings (SSSR count). The molecule has 166 valence electrons. The minimum atomic E-state index is -0.415. The van der Waals surface area contributed by atoms with E-state index in [1.54, 1.807) is 29.7 Å². The third-order valence-electron chi connectivity index (χ3n) is 5.96. The lowest BCUT2D eigenvalue weighted by molar-refractivity contribution is -0.143. The molecule has 9 heteroatoms. The maximum Gasteiger partial charge on any atom is 0.326 e. The van der Waals surface area contributed by atoms with Crippen LogP contribution >= 0.6 is 23.4 Å². The number of fused-ring (bicyclic) bond motifs is 2. The second-order valence-electron chi connectivity index (χ2n) is 7.80. The Morgan fingerprint density at radius 3 is 2.72 bits per heavy atom. The van der Waals surface area contributed by atoms with Gasteiger partial charge in [0.1, 0.15) is 18.0 Å². The van der Waals surface area contributed by atoms with E-state index in [4.69, 9.17) is 26.6 Å². The number of anilines is 1. The molecule has 1 aromatic carbocycles. The number of nitrogens with zero attached hydrogens (tertiary/aromatic N) is 4. The molecule has 0 aliphatic heterocycles. The van der Waals surface area contributed by atoms with Crippen LogP contribution in [0.25, 0.3) is 21.9 Å². The summed E-state index contributed by atoms with van der Waals surface area (Å²) < 4.78 is 6.93. The van der Waals surface area contributed by atoms with Gasteiger partial charge in [-0.05, 0) is 50.3 Å². The van der Waals surface area contributed by atoms with Gasteiger partial charge in [0.05, 0.1) is 39.4 Å². The third kappa shape index (κ3) is 3.80. The molecule has 32 heavy (non-hydrogen) atoms. The first-order valence-corrected chi connectivity index (χ1v) is 12.0. The molecule has 0 N–H and O–H groups in total. The van der Waals surface area contributed by atoms with Crippen molar-refractivity contribution < 1.29 is 9.53 Å². The maximum atomic E-state index is 13.3. The lowest BCUT2D eigenvalue weighted by Gasteiger charge is -2.38. The summed E-state index contributed by atoms with van der Waals surface area (Å²) in [6.45, 7) is 1.92. The Balaban J connectivity index is 1.96. The summed E-state index contributed by atoms with van der Waals surface area (Å²) in [6.07, 6.45) is 3.45. The predicted octanol–water partition coefficient (Wildman–Crippen LogP) is 4.23. The number of aromatic nitrogens is 2. The molecular formula is C23H23ClN4O3S. The van der Waals surface area contributed by atoms with Crippen LogP contribution in [0.5, 0.6) is 0 Å². The topological polar surface area (TPSA) is 88.2 Å². The second kappa shape index (κ2) is 9.00. The summed E-state index contributed by atoms with van der Waals surface area (Å²) in [5.74, 6) is 0.338. The van der Waals surface area contributed by atoms with Crippen LogP contribution in [0, 0.1) is 17.2 Å². The number of nitriles is 1. The average Bonchev–Trinajstić information content (AvgIpc) is 2.75. The van der Waals surface area contributed by atoms with E-state index in [-0.39, 0.29) is 30.5 Å². The first-order valence-electron chi connectivity index (χ1n) is 10.4. The first-order chi connectivity index (χ1) is 15.4. The monoisotopic (exact) mass is 470 g/mol. The SMILES string of the molecule is CCOC(=O)Cn1c2nc(N(C)C3CC(C#N)C3)ccc2c(=O)c2ccc(Cl)c(SC)c21. The minimum Gasteiger partial charge on any atom is -0.465 e. The second-order valence-corrected chi connectivity index (χ2v) is 9.02. The largest absolute Gasteiger partial charge is 0.465 e. The third-order valence-corrected chi connectivity index (χ3v) is 7.21. The molecule has 0 bridgehead atoms. The Morgan fingerprint density at radius 2 is 2.06 bits per heavy atom. The summed E-state index contributed by atoms with van der Waals surface area (Å²) in [5, 5.41) is 10.5. The summed E-state index contributed by atoms with van der Waals surface area (Å²) in [6, 6.07) is 9.48. The van der Waals surface area contributed by atoms with E-state index in [1.165, 1.54) is 11.8 Å². The van der Waals surface area contributed by atoms with Gasteiger partial charge in [-0.1, -0.05) is 11.6 Å². The van der Waals surface area contributed by atoms with Gasteiger partial charge in [0.15, 0.2) is 5.43 Å². The fraction of sp³-hybridized carbons (Fsp3) is 0.391.